The molecule has 6 fully saturated rings. The fourth-order valence-electron chi connectivity index (χ4n) is 17.8. The number of aromatic carboxylic acids is 1. The molecule has 9 atom stereocenters. The van der Waals surface area contributed by atoms with Crippen LogP contribution in [0.25, 0.3) is 21.3 Å². The minimum Gasteiger partial charge on any atom is -0.479 e. The number of hydrogen-bond donors (Lipinski definition) is 9. The zero-order chi connectivity index (χ0) is 78.1. The topological polar surface area (TPSA) is 411 Å². The van der Waals surface area contributed by atoms with Gasteiger partial charge in [-0.1, -0.05) is 75.4 Å². The lowest BCUT2D eigenvalue weighted by Gasteiger charge is -2.69. The Morgan fingerprint density at radius 2 is 1.64 bits per heavy atom. The van der Waals surface area contributed by atoms with E-state index in [0.29, 0.717) is 78.5 Å². The highest BCUT2D eigenvalue weighted by atomic mass is 32.2. The molecule has 13 rings (SSSR count). The van der Waals surface area contributed by atoms with Crippen LogP contribution in [0, 0.1) is 23.2 Å². The number of aryl methyl sites for hydroxylation is 1. The molecule has 9 N–H and O–H groups in total. The van der Waals surface area contributed by atoms with Crippen LogP contribution in [0.15, 0.2) is 79.0 Å². The molecule has 3 aromatic heterocycles. The molecule has 4 aliphatic carbocycles. The number of aliphatic carboxylic acids is 1. The lowest BCUT2D eigenvalue weighted by atomic mass is 9.39. The number of aromatic nitrogens is 4. The van der Waals surface area contributed by atoms with Gasteiger partial charge in [-0.05, 0) is 153 Å². The molecule has 5 amide bonds. The molecule has 33 heteroatoms. The quantitative estimate of drug-likeness (QED) is 0.0151. The largest absolute Gasteiger partial charge is 0.479 e. The van der Waals surface area contributed by atoms with Crippen molar-refractivity contribution in [2.24, 2.45) is 16.2 Å². The first-order valence-electron chi connectivity index (χ1n) is 36.6. The van der Waals surface area contributed by atoms with Crippen molar-refractivity contribution in [1.29, 1.82) is 0 Å². The standard InChI is InChI=1S/C76H96N10O20S3/c1-44-51(49-20-21-57(81-60(49)67(94)95)84-24-22-46-14-12-15-50(52(46)33-84)65(92)82-70-80-53-16-8-9-17-56(53)108-70)32-78-86(44)43-75-38-73(4)37-74(5,39-75)41-76(40-73,42-75)104-26-25-83(6)71(98)103-35-47-19-18-45(29-55(47)105-69-63(91)61(89)62(90)64(106-69)68(96)97)13-10-11-23-77-59(88)34-85-48(36-102-27-28-109(99,100)101)30-54(66(85)93)79-58(87)31-72(2,3)107-7/h8-9,12,14-21,29,32,48,54,61-64,69,89-91H,10-11,13,22-28,30-31,33-43H2,1-7H3,(H,77,88)(H,79,87)(H,94,95)(H,96,97)(H,80,82,92)(H,99,100,101)/t48-,54-,61-,62-,63+,64-,69?,73?,74?,75?,76?/m0/s1. The van der Waals surface area contributed by atoms with Gasteiger partial charge in [0.1, 0.15) is 42.5 Å². The van der Waals surface area contributed by atoms with Crippen LogP contribution in [0.3, 0.4) is 0 Å². The number of aliphatic hydroxyl groups is 3. The molecule has 2 saturated heterocycles. The lowest BCUT2D eigenvalue weighted by Crippen LogP contribution is -2.64. The maximum absolute atomic E-state index is 13.9. The number of para-hydroxylation sites is 1. The SMILES string of the molecule is CSC(C)(C)CC(=O)N[C@H]1C[C@@H](COCCS(=O)(=O)O)N(CC(=O)NCCCCc2ccc(COC(=O)N(C)CCOC34CC5(C)CC(C)(CC(Cn6ncc(-c7ccc(N8CCc9cccc(C(=O)Nc%10nc%11ccccc%11s%10)c9C8)nc7C(=O)O)c6C)(C5)C3)C4)c(OC3O[C@H](C(=O)O)[C@@H](O)[C@H](O)[C@H]3O)c2)C1=O. The summed E-state index contributed by atoms with van der Waals surface area (Å²) in [6.07, 6.45) is 0.668. The molecular formula is C76H96N10O20S3. The third kappa shape index (κ3) is 18.6. The maximum atomic E-state index is 13.9. The van der Waals surface area contributed by atoms with Crippen molar-refractivity contribution in [2.45, 2.75) is 185 Å². The molecule has 6 aromatic rings. The summed E-state index contributed by atoms with van der Waals surface area (Å²) in [6.45, 7) is 11.1. The molecule has 6 heterocycles. The van der Waals surface area contributed by atoms with Gasteiger partial charge in [-0.2, -0.15) is 25.3 Å². The molecule has 4 saturated carbocycles. The number of anilines is 2. The van der Waals surface area contributed by atoms with E-state index in [2.05, 4.69) is 34.8 Å². The van der Waals surface area contributed by atoms with E-state index in [4.69, 9.17) is 33.8 Å². The van der Waals surface area contributed by atoms with Crippen LogP contribution in [0.2, 0.25) is 0 Å². The van der Waals surface area contributed by atoms with E-state index in [0.717, 1.165) is 65.6 Å². The average molecular weight is 1570 g/mol. The number of benzene rings is 3. The van der Waals surface area contributed by atoms with Crippen LogP contribution in [0.1, 0.15) is 141 Å². The smallest absolute Gasteiger partial charge is 0.409 e. The summed E-state index contributed by atoms with van der Waals surface area (Å²) in [5, 5.41) is 66.7. The number of nitrogens with one attached hydrogen (secondary N) is 3. The number of likely N-dealkylation sites (tertiary alicyclic amines) is 1. The van der Waals surface area contributed by atoms with E-state index >= 15 is 0 Å². The van der Waals surface area contributed by atoms with E-state index in [1.54, 1.807) is 43.6 Å². The molecule has 3 aromatic carbocycles. The number of aliphatic hydroxyl groups excluding tert-OH is 3. The summed E-state index contributed by atoms with van der Waals surface area (Å²) in [4.78, 5) is 107. The Morgan fingerprint density at radius 3 is 2.37 bits per heavy atom. The molecule has 3 aliphatic heterocycles. The number of carbonyl (C=O) groups excluding carboxylic acids is 5. The van der Waals surface area contributed by atoms with Gasteiger partial charge in [0.25, 0.3) is 16.0 Å². The molecule has 0 radical (unpaired) electrons. The van der Waals surface area contributed by atoms with Crippen molar-refractivity contribution >= 4 is 96.0 Å². The summed E-state index contributed by atoms with van der Waals surface area (Å²) in [7, 11) is -2.74. The van der Waals surface area contributed by atoms with Gasteiger partial charge in [-0.25, -0.2) is 24.4 Å². The lowest BCUT2D eigenvalue weighted by molar-refractivity contribution is -0.271. The van der Waals surface area contributed by atoms with Crippen LogP contribution in [0.4, 0.5) is 15.7 Å². The van der Waals surface area contributed by atoms with Gasteiger partial charge in [0.05, 0.1) is 60.2 Å². The predicted octanol–water partition coefficient (Wildman–Crippen LogP) is 7.01. The van der Waals surface area contributed by atoms with Crippen LogP contribution in [-0.4, -0.2) is 228 Å². The second kappa shape index (κ2) is 32.5. The fourth-order valence-corrected chi connectivity index (χ4v) is 19.2. The van der Waals surface area contributed by atoms with E-state index in [1.165, 1.54) is 32.9 Å². The number of rotatable bonds is 32. The summed E-state index contributed by atoms with van der Waals surface area (Å²) >= 11 is 2.89. The highest BCUT2D eigenvalue weighted by Gasteiger charge is 2.66. The summed E-state index contributed by atoms with van der Waals surface area (Å²) in [6, 6.07) is 20.3. The summed E-state index contributed by atoms with van der Waals surface area (Å²) in [5.41, 5.74) is 5.01. The minimum atomic E-state index is -4.32. The normalized spacial score (nSPS) is 25.8. The summed E-state index contributed by atoms with van der Waals surface area (Å²) in [5.74, 6) is -4.64. The van der Waals surface area contributed by atoms with Gasteiger partial charge in [0.2, 0.25) is 24.0 Å². The highest BCUT2D eigenvalue weighted by Crippen LogP contribution is 2.72. The van der Waals surface area contributed by atoms with Gasteiger partial charge in [-0.15, -0.1) is 0 Å². The molecule has 588 valence electrons. The van der Waals surface area contributed by atoms with Gasteiger partial charge < -0.3 is 74.6 Å². The van der Waals surface area contributed by atoms with E-state index in [-0.39, 0.29) is 104 Å². The van der Waals surface area contributed by atoms with Gasteiger partial charge >= 0.3 is 18.0 Å². The second-order valence-corrected chi connectivity index (χ2v) is 35.6. The van der Waals surface area contributed by atoms with Crippen LogP contribution >= 0.6 is 23.1 Å². The van der Waals surface area contributed by atoms with E-state index in [9.17, 15) is 72.1 Å². The number of thiazole rings is 1. The number of unbranched alkanes of at least 4 members (excludes halogenated alkanes) is 1. The van der Waals surface area contributed by atoms with Crippen molar-refractivity contribution in [3.05, 3.63) is 118 Å². The van der Waals surface area contributed by atoms with E-state index < -0.39 is 98.9 Å². The van der Waals surface area contributed by atoms with Crippen LogP contribution in [-0.2, 0) is 80.8 Å². The number of thioether (sulfide) groups is 1. The number of fused-ring (bicyclic) bond motifs is 2. The number of nitrogens with zero attached hydrogens (tertiary/aromatic N) is 7. The number of amides is 5. The Morgan fingerprint density at radius 1 is 0.881 bits per heavy atom. The number of carbonyl (C=O) groups is 7. The van der Waals surface area contributed by atoms with Crippen LogP contribution < -0.4 is 25.6 Å². The molecule has 3 unspecified atom stereocenters. The molecule has 30 nitrogen and oxygen atoms in total. The monoisotopic (exact) mass is 1560 g/mol. The molecule has 109 heavy (non-hydrogen) atoms. The van der Waals surface area contributed by atoms with Crippen molar-refractivity contribution in [3.8, 4) is 16.9 Å². The Labute approximate surface area is 639 Å². The number of likely N-dealkylation sites (N-methyl/N-ethyl adjacent to an activating group) is 1. The number of ether oxygens (including phenoxy) is 5. The Kier molecular flexibility index (Phi) is 23.9. The Balaban J connectivity index is 0.659. The van der Waals surface area contributed by atoms with Crippen molar-refractivity contribution in [2.75, 3.05) is 75.3 Å². The fraction of sp³-hybridized carbons (Fsp3) is 0.553. The third-order valence-corrected chi connectivity index (χ3v) is 24.9. The first-order valence-corrected chi connectivity index (χ1v) is 40.2. The molecular weight excluding hydrogens is 1470 g/mol. The molecule has 4 bridgehead atoms. The van der Waals surface area contributed by atoms with Crippen molar-refractivity contribution in [1.82, 2.24) is 40.2 Å². The Hall–Kier alpha value is -8.38. The zero-order valence-corrected chi connectivity index (χ0v) is 64.5. The zero-order valence-electron chi connectivity index (χ0n) is 62.1. The Bertz CT molecular complexity index is 4500. The number of hydrogen-bond acceptors (Lipinski definition) is 23. The van der Waals surface area contributed by atoms with Crippen molar-refractivity contribution < 1.29 is 95.7 Å². The number of pyridine rings is 1. The van der Waals surface area contributed by atoms with Gasteiger partial charge in [-0.3, -0.25) is 33.7 Å². The number of carboxylic acids is 2. The van der Waals surface area contributed by atoms with E-state index in [1.807, 2.05) is 79.1 Å². The average Bonchev–Trinajstić information content (AvgIpc) is 1.55. The first kappa shape index (κ1) is 80.1. The highest BCUT2D eigenvalue weighted by molar-refractivity contribution is 7.99. The second-order valence-electron chi connectivity index (χ2n) is 31.5. The van der Waals surface area contributed by atoms with Crippen LogP contribution in [0.5, 0.6) is 5.75 Å². The van der Waals surface area contributed by atoms with Gasteiger partial charge in [0.15, 0.2) is 16.9 Å². The van der Waals surface area contributed by atoms with Crippen molar-refractivity contribution in [3.63, 3.8) is 0 Å². The number of carboxylic acid groups (broad SMARTS) is 2. The minimum absolute atomic E-state index is 0.00740. The van der Waals surface area contributed by atoms with Gasteiger partial charge in [0, 0.05) is 78.9 Å². The first-order chi connectivity index (χ1) is 51.6. The maximum Gasteiger partial charge on any atom is 0.409 e. The third-order valence-electron chi connectivity index (χ3n) is 22.0. The summed E-state index contributed by atoms with van der Waals surface area (Å²) < 4.78 is 64.3. The predicted molar refractivity (Wildman–Crippen MR) is 403 cm³/mol. The molecule has 0 spiro atoms. The molecule has 7 aliphatic rings.